The number of fused-ring (bicyclic) bond motifs is 1. The van der Waals surface area contributed by atoms with Crippen molar-refractivity contribution in [2.75, 3.05) is 13.1 Å². The van der Waals surface area contributed by atoms with Crippen molar-refractivity contribution >= 4 is 28.9 Å². The highest BCUT2D eigenvalue weighted by atomic mass is 35.5. The first-order valence-electron chi connectivity index (χ1n) is 11.7. The van der Waals surface area contributed by atoms with Crippen molar-refractivity contribution in [1.29, 1.82) is 5.26 Å². The molecule has 5 rings (SSSR count). The molecule has 0 radical (unpaired) electrons. The quantitative estimate of drug-likeness (QED) is 0.330. The molecule has 180 valence electrons. The maximum absolute atomic E-state index is 9.35. The van der Waals surface area contributed by atoms with E-state index in [1.54, 1.807) is 41.4 Å². The van der Waals surface area contributed by atoms with Crippen LogP contribution in [0.5, 0.6) is 0 Å². The van der Waals surface area contributed by atoms with Crippen LogP contribution in [-0.4, -0.2) is 37.9 Å². The van der Waals surface area contributed by atoms with E-state index in [2.05, 4.69) is 31.7 Å². The Morgan fingerprint density at radius 1 is 1.09 bits per heavy atom. The largest absolute Gasteiger partial charge is 0.317 e. The van der Waals surface area contributed by atoms with Crippen LogP contribution in [0.1, 0.15) is 52.5 Å². The number of rotatable bonds is 3. The summed E-state index contributed by atoms with van der Waals surface area (Å²) in [5, 5.41) is 24.9. The molecule has 1 saturated heterocycles. The molecule has 34 heavy (non-hydrogen) atoms. The van der Waals surface area contributed by atoms with Crippen LogP contribution in [0.15, 0.2) is 59.1 Å². The molecular weight excluding hydrogens is 466 g/mol. The third kappa shape index (κ3) is 7.32. The van der Waals surface area contributed by atoms with Crippen molar-refractivity contribution in [3.8, 4) is 17.2 Å². The number of nitrogens with zero attached hydrogens (tertiary/aromatic N) is 5. The minimum absolute atomic E-state index is 0.503. The summed E-state index contributed by atoms with van der Waals surface area (Å²) in [6, 6.07) is 7.73. The molecule has 7 nitrogen and oxygen atoms in total. The molecule has 0 spiro atoms. The maximum atomic E-state index is 9.35. The van der Waals surface area contributed by atoms with E-state index in [0.717, 1.165) is 21.5 Å². The predicted octanol–water partition coefficient (Wildman–Crippen LogP) is 6.61. The van der Waals surface area contributed by atoms with Gasteiger partial charge in [0.15, 0.2) is 0 Å². The van der Waals surface area contributed by atoms with Crippen molar-refractivity contribution < 1.29 is 0 Å². The summed E-state index contributed by atoms with van der Waals surface area (Å²) in [6.45, 7) is 10.5. The van der Waals surface area contributed by atoms with E-state index >= 15 is 0 Å². The number of hydrogen-bond acceptors (Lipinski definition) is 6. The van der Waals surface area contributed by atoms with Crippen molar-refractivity contribution in [2.45, 2.75) is 56.9 Å². The van der Waals surface area contributed by atoms with Gasteiger partial charge in [0.25, 0.3) is 0 Å². The number of hydrogen-bond donors (Lipinski definition) is 2. The van der Waals surface area contributed by atoms with E-state index in [0.29, 0.717) is 15.6 Å². The van der Waals surface area contributed by atoms with E-state index in [4.69, 9.17) is 11.6 Å². The Morgan fingerprint density at radius 3 is 2.41 bits per heavy atom. The highest BCUT2D eigenvalue weighted by molar-refractivity contribution is 7.99. The predicted molar refractivity (Wildman–Crippen MR) is 140 cm³/mol. The minimum Gasteiger partial charge on any atom is -0.317 e. The zero-order valence-corrected chi connectivity index (χ0v) is 21.7. The van der Waals surface area contributed by atoms with Gasteiger partial charge >= 0.3 is 0 Å². The lowest BCUT2D eigenvalue weighted by atomic mass is 10.1. The summed E-state index contributed by atoms with van der Waals surface area (Å²) in [5.41, 5.74) is 3.10. The van der Waals surface area contributed by atoms with Crippen molar-refractivity contribution in [3.63, 3.8) is 0 Å². The molecule has 0 bridgehead atoms. The number of halogens is 1. The van der Waals surface area contributed by atoms with Gasteiger partial charge in [-0.15, -0.1) is 0 Å². The first-order valence-corrected chi connectivity index (χ1v) is 12.9. The molecule has 0 saturated carbocycles. The van der Waals surface area contributed by atoms with Crippen LogP contribution in [0.4, 0.5) is 0 Å². The van der Waals surface area contributed by atoms with Gasteiger partial charge in [-0.3, -0.25) is 5.10 Å². The summed E-state index contributed by atoms with van der Waals surface area (Å²) in [5.74, 6) is 0. The lowest BCUT2D eigenvalue weighted by molar-refractivity contribution is 0.520. The lowest BCUT2D eigenvalue weighted by Crippen LogP contribution is -2.21. The number of aromatic nitrogens is 5. The van der Waals surface area contributed by atoms with E-state index in [1.165, 1.54) is 44.1 Å². The van der Waals surface area contributed by atoms with Crippen LogP contribution >= 0.6 is 23.4 Å². The topological polar surface area (TPSA) is 94.7 Å². The van der Waals surface area contributed by atoms with E-state index in [-0.39, 0.29) is 0 Å². The van der Waals surface area contributed by atoms with Crippen LogP contribution in [0.3, 0.4) is 0 Å². The molecule has 0 atom stereocenters. The molecule has 4 aromatic rings. The average Bonchev–Trinajstić information content (AvgIpc) is 3.60. The number of pyridine rings is 2. The molecule has 0 aliphatic carbocycles. The number of H-pyrrole nitrogens is 1. The monoisotopic (exact) mass is 497 g/mol. The summed E-state index contributed by atoms with van der Waals surface area (Å²) < 4.78 is 1.69. The normalized spacial score (nSPS) is 12.2. The third-order valence-corrected chi connectivity index (χ3v) is 6.13. The molecule has 0 aromatic carbocycles. The molecule has 5 heterocycles. The lowest BCUT2D eigenvalue weighted by Gasteiger charge is -2.08. The SMILES string of the molecule is C1CCNCC1.CC.CC.N#Cc1cnn2cc(-c3cn[nH]c3)cc(Sc3ncccc3Cl)c12. The molecule has 4 aromatic heterocycles. The Morgan fingerprint density at radius 2 is 1.85 bits per heavy atom. The molecule has 9 heteroatoms. The molecule has 1 fully saturated rings. The Hall–Kier alpha value is -2.86. The number of piperidine rings is 1. The van der Waals surface area contributed by atoms with Gasteiger partial charge in [0.05, 0.1) is 28.5 Å². The summed E-state index contributed by atoms with van der Waals surface area (Å²) in [4.78, 5) is 5.16. The van der Waals surface area contributed by atoms with Gasteiger partial charge in [-0.25, -0.2) is 9.50 Å². The first kappa shape index (κ1) is 27.4. The fourth-order valence-electron chi connectivity index (χ4n) is 3.16. The summed E-state index contributed by atoms with van der Waals surface area (Å²) in [7, 11) is 0. The Balaban J connectivity index is 0.000000347. The second kappa shape index (κ2) is 15.1. The number of aromatic amines is 1. The standard InChI is InChI=1S/C16H9ClN6S.C5H11N.2C2H6/c17-13-2-1-3-19-16(13)24-14-4-10(12-6-20-21-7-12)9-23-15(14)11(5-18)8-22-23;1-2-4-6-5-3-1;2*1-2/h1-4,6-9H,(H,20,21);6H,1-5H2;2*1-2H3. The van der Waals surface area contributed by atoms with Crippen LogP contribution in [0.2, 0.25) is 5.02 Å². The molecular formula is C25H32ClN7S. The minimum atomic E-state index is 0.503. The first-order chi connectivity index (χ1) is 16.8. The number of nitrogens with one attached hydrogen (secondary N) is 2. The summed E-state index contributed by atoms with van der Waals surface area (Å²) >= 11 is 7.63. The van der Waals surface area contributed by atoms with Gasteiger partial charge in [0, 0.05) is 34.6 Å². The van der Waals surface area contributed by atoms with Gasteiger partial charge in [0.1, 0.15) is 11.1 Å². The molecule has 0 amide bonds. The Kier molecular flexibility index (Phi) is 12.2. The maximum Gasteiger partial charge on any atom is 0.119 e. The van der Waals surface area contributed by atoms with Gasteiger partial charge < -0.3 is 5.32 Å². The van der Waals surface area contributed by atoms with Crippen molar-refractivity contribution in [1.82, 2.24) is 30.1 Å². The van der Waals surface area contributed by atoms with Gasteiger partial charge in [-0.05, 0) is 44.1 Å². The number of nitriles is 1. The van der Waals surface area contributed by atoms with Crippen LogP contribution in [0.25, 0.3) is 16.6 Å². The zero-order chi connectivity index (χ0) is 24.8. The fraction of sp³-hybridized carbons (Fsp3) is 0.360. The highest BCUT2D eigenvalue weighted by Crippen LogP contribution is 2.37. The average molecular weight is 498 g/mol. The van der Waals surface area contributed by atoms with E-state index in [9.17, 15) is 5.26 Å². The highest BCUT2D eigenvalue weighted by Gasteiger charge is 2.15. The van der Waals surface area contributed by atoms with Gasteiger partial charge in [-0.1, -0.05) is 57.5 Å². The fourth-order valence-corrected chi connectivity index (χ4v) is 4.37. The third-order valence-electron chi connectivity index (χ3n) is 4.67. The van der Waals surface area contributed by atoms with Crippen LogP contribution in [-0.2, 0) is 0 Å². The van der Waals surface area contributed by atoms with Crippen molar-refractivity contribution in [3.05, 3.63) is 59.8 Å². The van der Waals surface area contributed by atoms with E-state index in [1.807, 2.05) is 40.0 Å². The van der Waals surface area contributed by atoms with Crippen molar-refractivity contribution in [2.24, 2.45) is 0 Å². The van der Waals surface area contributed by atoms with E-state index < -0.39 is 0 Å². The van der Waals surface area contributed by atoms with Gasteiger partial charge in [0.2, 0.25) is 0 Å². The molecule has 1 aliphatic heterocycles. The molecule has 0 unspecified atom stereocenters. The second-order valence-corrected chi connectivity index (χ2v) is 8.18. The Labute approximate surface area is 210 Å². The second-order valence-electron chi connectivity index (χ2n) is 6.75. The van der Waals surface area contributed by atoms with Gasteiger partial charge in [-0.2, -0.15) is 15.5 Å². The van der Waals surface area contributed by atoms with Crippen LogP contribution < -0.4 is 5.32 Å². The zero-order valence-electron chi connectivity index (χ0n) is 20.2. The molecule has 2 N–H and O–H groups in total. The summed E-state index contributed by atoms with van der Waals surface area (Å²) in [6.07, 6.45) is 12.9. The molecule has 1 aliphatic rings. The van der Waals surface area contributed by atoms with Crippen LogP contribution in [0, 0.1) is 11.3 Å². The smallest absolute Gasteiger partial charge is 0.119 e. The Bertz CT molecular complexity index is 1150.